The molecule has 0 spiro atoms. The minimum atomic E-state index is 0.0820. The van der Waals surface area contributed by atoms with E-state index >= 15 is 0 Å². The Morgan fingerprint density at radius 2 is 1.92 bits per heavy atom. The molecule has 2 heterocycles. The van der Waals surface area contributed by atoms with Gasteiger partial charge < -0.3 is 4.90 Å². The molecule has 0 N–H and O–H groups in total. The zero-order chi connectivity index (χ0) is 16.8. The van der Waals surface area contributed by atoms with Crippen molar-refractivity contribution in [2.24, 2.45) is 0 Å². The highest BCUT2D eigenvalue weighted by Crippen LogP contribution is 2.09. The van der Waals surface area contributed by atoms with E-state index in [1.165, 1.54) is 5.56 Å². The van der Waals surface area contributed by atoms with Crippen LogP contribution in [0.3, 0.4) is 0 Å². The largest absolute Gasteiger partial charge is 0.337 e. The van der Waals surface area contributed by atoms with E-state index in [1.807, 2.05) is 34.8 Å². The highest BCUT2D eigenvalue weighted by atomic mass is 16.2. The maximum atomic E-state index is 12.3. The van der Waals surface area contributed by atoms with Crippen molar-refractivity contribution in [1.29, 1.82) is 0 Å². The van der Waals surface area contributed by atoms with Gasteiger partial charge in [0.15, 0.2) is 0 Å². The molecule has 1 aromatic carbocycles. The number of nitrogens with zero attached hydrogens (tertiary/aromatic N) is 4. The Bertz CT molecular complexity index is 684. The van der Waals surface area contributed by atoms with E-state index in [2.05, 4.69) is 34.3 Å². The van der Waals surface area contributed by atoms with Crippen LogP contribution in [0.25, 0.3) is 6.08 Å². The summed E-state index contributed by atoms with van der Waals surface area (Å²) >= 11 is 0. The molecule has 1 aromatic heterocycles. The molecule has 1 saturated heterocycles. The lowest BCUT2D eigenvalue weighted by Gasteiger charge is -2.34. The van der Waals surface area contributed by atoms with Crippen LogP contribution in [-0.2, 0) is 17.9 Å². The summed E-state index contributed by atoms with van der Waals surface area (Å²) in [6.07, 6.45) is 7.23. The standard InChI is InChI=1S/C19H24N4O/c1-2-23-16-18(14-20-23)8-9-19(24)22-12-10-21(11-13-22)15-17-6-4-3-5-7-17/h3-9,14,16H,2,10-13,15H2,1H3/b9-8+. The summed E-state index contributed by atoms with van der Waals surface area (Å²) in [5.41, 5.74) is 2.29. The van der Waals surface area contributed by atoms with Crippen LogP contribution in [0.15, 0.2) is 48.8 Å². The lowest BCUT2D eigenvalue weighted by molar-refractivity contribution is -0.127. The van der Waals surface area contributed by atoms with Gasteiger partial charge in [0.2, 0.25) is 5.91 Å². The van der Waals surface area contributed by atoms with E-state index in [0.717, 1.165) is 44.8 Å². The Balaban J connectivity index is 1.48. The molecular formula is C19H24N4O. The minimum Gasteiger partial charge on any atom is -0.337 e. The third kappa shape index (κ3) is 4.32. The molecule has 0 aliphatic carbocycles. The summed E-state index contributed by atoms with van der Waals surface area (Å²) in [6.45, 7) is 7.24. The van der Waals surface area contributed by atoms with Gasteiger partial charge in [-0.2, -0.15) is 5.10 Å². The second-order valence-corrected chi connectivity index (χ2v) is 6.05. The number of aryl methyl sites for hydroxylation is 1. The Morgan fingerprint density at radius 3 is 2.58 bits per heavy atom. The van der Waals surface area contributed by atoms with Gasteiger partial charge >= 0.3 is 0 Å². The SMILES string of the molecule is CCn1cc(/C=C/C(=O)N2CCN(Cc3ccccc3)CC2)cn1. The number of hydrogen-bond acceptors (Lipinski definition) is 3. The fourth-order valence-corrected chi connectivity index (χ4v) is 2.88. The normalized spacial score (nSPS) is 16.0. The molecule has 1 aliphatic heterocycles. The maximum Gasteiger partial charge on any atom is 0.246 e. The molecule has 5 nitrogen and oxygen atoms in total. The van der Waals surface area contributed by atoms with Crippen molar-refractivity contribution in [3.63, 3.8) is 0 Å². The molecule has 126 valence electrons. The number of hydrogen-bond donors (Lipinski definition) is 0. The van der Waals surface area contributed by atoms with Crippen LogP contribution in [0.5, 0.6) is 0 Å². The van der Waals surface area contributed by atoms with Gasteiger partial charge in [-0.05, 0) is 18.6 Å². The van der Waals surface area contributed by atoms with Crippen LogP contribution in [0.1, 0.15) is 18.1 Å². The average molecular weight is 324 g/mol. The summed E-state index contributed by atoms with van der Waals surface area (Å²) in [7, 11) is 0. The molecular weight excluding hydrogens is 300 g/mol. The van der Waals surface area contributed by atoms with Crippen molar-refractivity contribution in [1.82, 2.24) is 19.6 Å². The number of rotatable bonds is 5. The van der Waals surface area contributed by atoms with Crippen molar-refractivity contribution < 1.29 is 4.79 Å². The number of carbonyl (C=O) groups excluding carboxylic acids is 1. The quantitative estimate of drug-likeness (QED) is 0.792. The van der Waals surface area contributed by atoms with Crippen LogP contribution in [0.2, 0.25) is 0 Å². The summed E-state index contributed by atoms with van der Waals surface area (Å²) in [4.78, 5) is 16.6. The maximum absolute atomic E-state index is 12.3. The number of benzene rings is 1. The fraction of sp³-hybridized carbons (Fsp3) is 0.368. The van der Waals surface area contributed by atoms with Crippen LogP contribution < -0.4 is 0 Å². The molecule has 0 radical (unpaired) electrons. The van der Waals surface area contributed by atoms with E-state index < -0.39 is 0 Å². The van der Waals surface area contributed by atoms with Gasteiger partial charge in [-0.15, -0.1) is 0 Å². The second kappa shape index (κ2) is 7.93. The predicted octanol–water partition coefficient (Wildman–Crippen LogP) is 2.26. The van der Waals surface area contributed by atoms with Crippen molar-refractivity contribution in [3.8, 4) is 0 Å². The number of amides is 1. The van der Waals surface area contributed by atoms with Gasteiger partial charge in [-0.3, -0.25) is 14.4 Å². The van der Waals surface area contributed by atoms with Gasteiger partial charge in [-0.25, -0.2) is 0 Å². The predicted molar refractivity (Wildman–Crippen MR) is 95.2 cm³/mol. The molecule has 24 heavy (non-hydrogen) atoms. The summed E-state index contributed by atoms with van der Waals surface area (Å²) in [5, 5.41) is 4.21. The van der Waals surface area contributed by atoms with Gasteiger partial charge in [0.1, 0.15) is 0 Å². The van der Waals surface area contributed by atoms with Crippen LogP contribution >= 0.6 is 0 Å². The molecule has 1 aliphatic rings. The number of piperazine rings is 1. The van der Waals surface area contributed by atoms with Crippen LogP contribution in [-0.4, -0.2) is 51.7 Å². The smallest absolute Gasteiger partial charge is 0.246 e. The van der Waals surface area contributed by atoms with Crippen molar-refractivity contribution >= 4 is 12.0 Å². The monoisotopic (exact) mass is 324 g/mol. The zero-order valence-electron chi connectivity index (χ0n) is 14.1. The van der Waals surface area contributed by atoms with Crippen LogP contribution in [0, 0.1) is 0 Å². The molecule has 3 rings (SSSR count). The van der Waals surface area contributed by atoms with E-state index in [-0.39, 0.29) is 5.91 Å². The number of aromatic nitrogens is 2. The lowest BCUT2D eigenvalue weighted by Crippen LogP contribution is -2.47. The molecule has 2 aromatic rings. The van der Waals surface area contributed by atoms with Gasteiger partial charge in [0.25, 0.3) is 0 Å². The summed E-state index contributed by atoms with van der Waals surface area (Å²) in [6, 6.07) is 10.5. The van der Waals surface area contributed by atoms with Crippen molar-refractivity contribution in [2.45, 2.75) is 20.0 Å². The molecule has 1 fully saturated rings. The fourth-order valence-electron chi connectivity index (χ4n) is 2.88. The molecule has 0 unspecified atom stereocenters. The Morgan fingerprint density at radius 1 is 1.17 bits per heavy atom. The van der Waals surface area contributed by atoms with Gasteiger partial charge in [0, 0.05) is 57.1 Å². The molecule has 1 amide bonds. The Kier molecular flexibility index (Phi) is 5.43. The van der Waals surface area contributed by atoms with E-state index in [9.17, 15) is 4.79 Å². The molecule has 5 heteroatoms. The first-order valence-corrected chi connectivity index (χ1v) is 8.50. The van der Waals surface area contributed by atoms with Gasteiger partial charge in [-0.1, -0.05) is 30.3 Å². The first-order chi connectivity index (χ1) is 11.7. The van der Waals surface area contributed by atoms with E-state index in [0.29, 0.717) is 0 Å². The zero-order valence-corrected chi connectivity index (χ0v) is 14.1. The number of carbonyl (C=O) groups is 1. The topological polar surface area (TPSA) is 41.4 Å². The molecule has 0 atom stereocenters. The molecule has 0 bridgehead atoms. The van der Waals surface area contributed by atoms with Crippen molar-refractivity contribution in [3.05, 3.63) is 59.9 Å². The van der Waals surface area contributed by atoms with Crippen LogP contribution in [0.4, 0.5) is 0 Å². The average Bonchev–Trinajstić information content (AvgIpc) is 3.09. The van der Waals surface area contributed by atoms with Gasteiger partial charge in [0.05, 0.1) is 6.20 Å². The first kappa shape index (κ1) is 16.5. The first-order valence-electron chi connectivity index (χ1n) is 8.50. The Labute approximate surface area is 143 Å². The van der Waals surface area contributed by atoms with Crippen molar-refractivity contribution in [2.75, 3.05) is 26.2 Å². The highest BCUT2D eigenvalue weighted by Gasteiger charge is 2.19. The summed E-state index contributed by atoms with van der Waals surface area (Å²) in [5.74, 6) is 0.0820. The minimum absolute atomic E-state index is 0.0820. The highest BCUT2D eigenvalue weighted by molar-refractivity contribution is 5.91. The summed E-state index contributed by atoms with van der Waals surface area (Å²) < 4.78 is 1.85. The van der Waals surface area contributed by atoms with E-state index in [1.54, 1.807) is 12.3 Å². The third-order valence-electron chi connectivity index (χ3n) is 4.33. The molecule has 0 saturated carbocycles. The third-order valence-corrected chi connectivity index (χ3v) is 4.33. The van der Waals surface area contributed by atoms with E-state index in [4.69, 9.17) is 0 Å². The lowest BCUT2D eigenvalue weighted by atomic mass is 10.2. The Hall–Kier alpha value is -2.40. The second-order valence-electron chi connectivity index (χ2n) is 6.05.